The van der Waals surface area contributed by atoms with Crippen LogP contribution in [0.15, 0.2) is 46.6 Å². The van der Waals surface area contributed by atoms with E-state index in [1.165, 1.54) is 0 Å². The number of hydrogen-bond acceptors (Lipinski definition) is 6. The highest BCUT2D eigenvalue weighted by Gasteiger charge is 2.20. The van der Waals surface area contributed by atoms with Crippen molar-refractivity contribution in [3.8, 4) is 5.75 Å². The quantitative estimate of drug-likeness (QED) is 0.264. The fourth-order valence-corrected chi connectivity index (χ4v) is 4.91. The molecule has 0 amide bonds. The van der Waals surface area contributed by atoms with E-state index in [4.69, 9.17) is 4.74 Å². The zero-order valence-electron chi connectivity index (χ0n) is 20.9. The second-order valence-electron chi connectivity index (χ2n) is 9.40. The second-order valence-corrected chi connectivity index (χ2v) is 10.4. The number of aryl methyl sites for hydroxylation is 2. The maximum atomic E-state index is 10.6. The van der Waals surface area contributed by atoms with Crippen molar-refractivity contribution >= 4 is 38.1 Å². The molecule has 7 nitrogen and oxygen atoms in total. The fraction of sp³-hybridized carbons (Fsp3) is 0.480. The van der Waals surface area contributed by atoms with Crippen LogP contribution in [0.25, 0.3) is 10.2 Å². The van der Waals surface area contributed by atoms with Crippen molar-refractivity contribution in [1.82, 2.24) is 0 Å². The first-order valence-corrected chi connectivity index (χ1v) is 12.2. The van der Waals surface area contributed by atoms with Gasteiger partial charge in [0.15, 0.2) is 0 Å². The Balaban J connectivity index is 1.83. The molecule has 8 heteroatoms. The zero-order chi connectivity index (χ0) is 24.2. The predicted octanol–water partition coefficient (Wildman–Crippen LogP) is 4.74. The van der Waals surface area contributed by atoms with Gasteiger partial charge in [0, 0.05) is 24.8 Å². The van der Waals surface area contributed by atoms with Gasteiger partial charge >= 0.3 is 5.13 Å². The van der Waals surface area contributed by atoms with Crippen LogP contribution in [0.5, 0.6) is 5.75 Å². The summed E-state index contributed by atoms with van der Waals surface area (Å²) in [6, 6.07) is 12.3. The Morgan fingerprint density at radius 1 is 1.12 bits per heavy atom. The Morgan fingerprint density at radius 2 is 1.88 bits per heavy atom. The van der Waals surface area contributed by atoms with E-state index < -0.39 is 6.10 Å². The SMILES string of the molecule is CCOc1ccc2c(c1)sc(N=Nc1cc(C)cc(N(CC)CC(O)C[N+](C)(C)C)c1)[n+]2C. The fourth-order valence-electron chi connectivity index (χ4n) is 3.91. The summed E-state index contributed by atoms with van der Waals surface area (Å²) in [5.41, 5.74) is 4.07. The van der Waals surface area contributed by atoms with Crippen LogP contribution in [0.1, 0.15) is 19.4 Å². The van der Waals surface area contributed by atoms with Crippen molar-refractivity contribution in [1.29, 1.82) is 0 Å². The molecule has 0 aliphatic rings. The number of fused-ring (bicyclic) bond motifs is 1. The summed E-state index contributed by atoms with van der Waals surface area (Å²) in [7, 11) is 8.28. The van der Waals surface area contributed by atoms with E-state index in [1.807, 2.05) is 38.2 Å². The Morgan fingerprint density at radius 3 is 2.55 bits per heavy atom. The number of likely N-dealkylation sites (N-methyl/N-ethyl adjacent to an activating group) is 2. The van der Waals surface area contributed by atoms with Crippen molar-refractivity contribution in [3.05, 3.63) is 42.0 Å². The molecule has 1 aromatic heterocycles. The van der Waals surface area contributed by atoms with Gasteiger partial charge in [0.05, 0.1) is 44.6 Å². The summed E-state index contributed by atoms with van der Waals surface area (Å²) in [6.45, 7) is 8.89. The van der Waals surface area contributed by atoms with E-state index in [1.54, 1.807) is 11.3 Å². The molecule has 0 saturated heterocycles. The highest BCUT2D eigenvalue weighted by Crippen LogP contribution is 2.31. The van der Waals surface area contributed by atoms with E-state index in [2.05, 4.69) is 66.8 Å². The number of aliphatic hydroxyl groups excluding tert-OH is 1. The molecule has 1 unspecified atom stereocenters. The van der Waals surface area contributed by atoms with Crippen molar-refractivity contribution in [2.24, 2.45) is 17.3 Å². The summed E-state index contributed by atoms with van der Waals surface area (Å²) < 4.78 is 9.52. The molecule has 0 spiro atoms. The summed E-state index contributed by atoms with van der Waals surface area (Å²) in [5.74, 6) is 0.866. The molecule has 2 aromatic carbocycles. The van der Waals surface area contributed by atoms with Crippen LogP contribution in [0, 0.1) is 6.92 Å². The lowest BCUT2D eigenvalue weighted by Crippen LogP contribution is -2.46. The molecule has 0 bridgehead atoms. The molecule has 33 heavy (non-hydrogen) atoms. The minimum absolute atomic E-state index is 0.408. The van der Waals surface area contributed by atoms with E-state index in [0.29, 0.717) is 19.7 Å². The van der Waals surface area contributed by atoms with Crippen LogP contribution in [-0.4, -0.2) is 63.1 Å². The number of azo groups is 1. The Kier molecular flexibility index (Phi) is 8.05. The first-order chi connectivity index (χ1) is 15.6. The van der Waals surface area contributed by atoms with E-state index in [-0.39, 0.29) is 0 Å². The number of quaternary nitrogens is 1. The summed E-state index contributed by atoms with van der Waals surface area (Å²) in [4.78, 5) is 2.20. The Hall–Kier alpha value is -2.55. The van der Waals surface area contributed by atoms with E-state index >= 15 is 0 Å². The van der Waals surface area contributed by atoms with Gasteiger partial charge in [0.2, 0.25) is 0 Å². The monoisotopic (exact) mass is 471 g/mol. The third kappa shape index (κ3) is 6.72. The molecule has 1 heterocycles. The summed E-state index contributed by atoms with van der Waals surface area (Å²) >= 11 is 1.59. The minimum Gasteiger partial charge on any atom is -0.494 e. The van der Waals surface area contributed by atoms with Crippen LogP contribution in [-0.2, 0) is 7.05 Å². The van der Waals surface area contributed by atoms with Crippen molar-refractivity contribution in [2.75, 3.05) is 52.3 Å². The summed E-state index contributed by atoms with van der Waals surface area (Å²) in [5, 5.41) is 20.5. The standard InChI is InChI=1S/C25H37N5O2S/c1-8-29(16-21(31)17-30(5,6)7)20-13-18(3)12-19(14-20)26-27-25-28(4)23-11-10-22(32-9-2)15-24(23)33-25/h10-15,21,31H,8-9,16-17H2,1-7H3/q+2. The lowest BCUT2D eigenvalue weighted by atomic mass is 10.1. The first kappa shape index (κ1) is 25.1. The Labute approximate surface area is 201 Å². The van der Waals surface area contributed by atoms with Crippen LogP contribution in [0.4, 0.5) is 16.5 Å². The average molecular weight is 472 g/mol. The second kappa shape index (κ2) is 10.6. The maximum Gasteiger partial charge on any atom is 0.409 e. The molecular formula is C25H37N5O2S+2. The van der Waals surface area contributed by atoms with Crippen LogP contribution in [0.2, 0.25) is 0 Å². The van der Waals surface area contributed by atoms with Gasteiger partial charge in [-0.05, 0) is 73.1 Å². The van der Waals surface area contributed by atoms with Gasteiger partial charge < -0.3 is 19.2 Å². The van der Waals surface area contributed by atoms with E-state index in [9.17, 15) is 5.11 Å². The van der Waals surface area contributed by atoms with Gasteiger partial charge in [0.1, 0.15) is 29.6 Å². The molecule has 0 fully saturated rings. The van der Waals surface area contributed by atoms with Crippen LogP contribution >= 0.6 is 11.3 Å². The molecule has 3 rings (SSSR count). The van der Waals surface area contributed by atoms with Crippen LogP contribution < -0.4 is 14.2 Å². The van der Waals surface area contributed by atoms with Gasteiger partial charge in [-0.15, -0.1) is 0 Å². The average Bonchev–Trinajstić information content (AvgIpc) is 3.04. The minimum atomic E-state index is -0.408. The first-order valence-electron chi connectivity index (χ1n) is 11.4. The number of ether oxygens (including phenoxy) is 1. The number of aliphatic hydroxyl groups is 1. The van der Waals surface area contributed by atoms with Gasteiger partial charge in [-0.2, -0.15) is 0 Å². The lowest BCUT2D eigenvalue weighted by molar-refractivity contribution is -0.873. The molecule has 0 saturated carbocycles. The van der Waals surface area contributed by atoms with Gasteiger partial charge in [0.25, 0.3) is 0 Å². The summed E-state index contributed by atoms with van der Waals surface area (Å²) in [6.07, 6.45) is -0.408. The molecule has 0 radical (unpaired) electrons. The molecule has 0 aliphatic heterocycles. The third-order valence-corrected chi connectivity index (χ3v) is 6.41. The predicted molar refractivity (Wildman–Crippen MR) is 136 cm³/mol. The number of benzene rings is 2. The normalized spacial score (nSPS) is 13.1. The lowest BCUT2D eigenvalue weighted by Gasteiger charge is -2.31. The molecule has 178 valence electrons. The van der Waals surface area contributed by atoms with Crippen molar-refractivity contribution in [3.63, 3.8) is 0 Å². The van der Waals surface area contributed by atoms with Crippen molar-refractivity contribution in [2.45, 2.75) is 26.9 Å². The van der Waals surface area contributed by atoms with Gasteiger partial charge in [-0.1, -0.05) is 0 Å². The molecule has 3 aromatic rings. The third-order valence-electron chi connectivity index (χ3n) is 5.33. The Bertz CT molecular complexity index is 1120. The van der Waals surface area contributed by atoms with Crippen LogP contribution in [0.3, 0.4) is 0 Å². The van der Waals surface area contributed by atoms with Gasteiger partial charge in [-0.3, -0.25) is 0 Å². The molecule has 0 aliphatic carbocycles. The highest BCUT2D eigenvalue weighted by atomic mass is 32.1. The smallest absolute Gasteiger partial charge is 0.409 e. The number of nitrogens with zero attached hydrogens (tertiary/aromatic N) is 5. The van der Waals surface area contributed by atoms with Crippen molar-refractivity contribution < 1.29 is 18.9 Å². The highest BCUT2D eigenvalue weighted by molar-refractivity contribution is 7.21. The number of anilines is 1. The van der Waals surface area contributed by atoms with Gasteiger partial charge in [-0.25, -0.2) is 4.57 Å². The zero-order valence-corrected chi connectivity index (χ0v) is 21.7. The molecule has 1 N–H and O–H groups in total. The topological polar surface area (TPSA) is 61.3 Å². The largest absolute Gasteiger partial charge is 0.494 e. The maximum absolute atomic E-state index is 10.6. The number of thiazole rings is 1. The number of rotatable bonds is 10. The molecule has 1 atom stereocenters. The molecular weight excluding hydrogens is 434 g/mol. The number of hydrogen-bond donors (Lipinski definition) is 1. The number of aromatic nitrogens is 1. The van der Waals surface area contributed by atoms with E-state index in [0.717, 1.165) is 49.1 Å².